The highest BCUT2D eigenvalue weighted by molar-refractivity contribution is 7.17. The lowest BCUT2D eigenvalue weighted by atomic mass is 10.2. The first-order valence-electron chi connectivity index (χ1n) is 6.46. The Labute approximate surface area is 115 Å². The van der Waals surface area contributed by atoms with Gasteiger partial charge >= 0.3 is 0 Å². The second-order valence-corrected chi connectivity index (χ2v) is 6.02. The van der Waals surface area contributed by atoms with Gasteiger partial charge in [-0.05, 0) is 25.3 Å². The molecule has 0 aliphatic carbocycles. The van der Waals surface area contributed by atoms with Gasteiger partial charge in [0.05, 0.1) is 24.3 Å². The Kier molecular flexibility index (Phi) is 3.38. The summed E-state index contributed by atoms with van der Waals surface area (Å²) in [6, 6.07) is 1.89. The fraction of sp³-hybridized carbons (Fsp3) is 0.538. The molecular formula is C13H17N3O2S. The quantitative estimate of drug-likeness (QED) is 0.907. The summed E-state index contributed by atoms with van der Waals surface area (Å²) in [5.41, 5.74) is 0.752. The van der Waals surface area contributed by atoms with Gasteiger partial charge in [-0.2, -0.15) is 0 Å². The topological polar surface area (TPSA) is 58.2 Å². The molecule has 1 aliphatic rings. The largest absolute Gasteiger partial charge is 0.373 e. The highest BCUT2D eigenvalue weighted by Gasteiger charge is 2.22. The van der Waals surface area contributed by atoms with Crippen molar-refractivity contribution < 1.29 is 4.74 Å². The molecule has 0 bridgehead atoms. The Bertz CT molecular complexity index is 626. The smallest absolute Gasteiger partial charge is 0.268 e. The van der Waals surface area contributed by atoms with Gasteiger partial charge in [-0.3, -0.25) is 9.69 Å². The second-order valence-electron chi connectivity index (χ2n) is 5.10. The number of H-pyrrole nitrogens is 1. The van der Waals surface area contributed by atoms with Crippen molar-refractivity contribution in [3.05, 3.63) is 27.6 Å². The van der Waals surface area contributed by atoms with Crippen LogP contribution in [-0.2, 0) is 11.3 Å². The van der Waals surface area contributed by atoms with Crippen LogP contribution in [0, 0.1) is 0 Å². The number of hydrogen-bond acceptors (Lipinski definition) is 5. The van der Waals surface area contributed by atoms with E-state index in [0.717, 1.165) is 24.4 Å². The maximum Gasteiger partial charge on any atom is 0.268 e. The summed E-state index contributed by atoms with van der Waals surface area (Å²) in [4.78, 5) is 21.6. The summed E-state index contributed by atoms with van der Waals surface area (Å²) in [5, 5.41) is 1.90. The number of aromatic nitrogens is 2. The molecule has 0 aromatic carbocycles. The minimum absolute atomic E-state index is 0.0376. The van der Waals surface area contributed by atoms with Gasteiger partial charge in [-0.25, -0.2) is 4.98 Å². The van der Waals surface area contributed by atoms with Gasteiger partial charge in [0.15, 0.2) is 0 Å². The van der Waals surface area contributed by atoms with E-state index in [9.17, 15) is 4.79 Å². The van der Waals surface area contributed by atoms with Gasteiger partial charge in [0.2, 0.25) is 0 Å². The third kappa shape index (κ3) is 2.70. The van der Waals surface area contributed by atoms with E-state index >= 15 is 0 Å². The van der Waals surface area contributed by atoms with E-state index in [1.165, 1.54) is 11.3 Å². The summed E-state index contributed by atoms with van der Waals surface area (Å²) in [5.74, 6) is 0.734. The molecule has 3 heterocycles. The molecule has 2 aromatic rings. The number of rotatable bonds is 2. The maximum atomic E-state index is 11.9. The van der Waals surface area contributed by atoms with Gasteiger partial charge < -0.3 is 9.72 Å². The van der Waals surface area contributed by atoms with Crippen LogP contribution in [0.4, 0.5) is 0 Å². The van der Waals surface area contributed by atoms with Crippen molar-refractivity contribution in [3.8, 4) is 0 Å². The molecule has 1 N–H and O–H groups in total. The lowest BCUT2D eigenvalue weighted by molar-refractivity contribution is -0.0710. The molecule has 2 atom stereocenters. The molecule has 0 spiro atoms. The molecule has 1 aliphatic heterocycles. The number of hydrogen-bond donors (Lipinski definition) is 1. The zero-order chi connectivity index (χ0) is 13.4. The van der Waals surface area contributed by atoms with Crippen LogP contribution >= 0.6 is 11.3 Å². The normalized spacial score (nSPS) is 24.9. The van der Waals surface area contributed by atoms with Crippen molar-refractivity contribution in [1.29, 1.82) is 0 Å². The number of nitrogens with one attached hydrogen (secondary N) is 1. The summed E-state index contributed by atoms with van der Waals surface area (Å²) in [7, 11) is 0. The Balaban J connectivity index is 1.83. The summed E-state index contributed by atoms with van der Waals surface area (Å²) in [6.45, 7) is 6.55. The van der Waals surface area contributed by atoms with Gasteiger partial charge in [-0.15, -0.1) is 11.3 Å². The zero-order valence-electron chi connectivity index (χ0n) is 11.0. The molecule has 102 valence electrons. The molecule has 2 aromatic heterocycles. The van der Waals surface area contributed by atoms with Crippen molar-refractivity contribution >= 4 is 21.6 Å². The number of morpholine rings is 1. The second kappa shape index (κ2) is 5.03. The van der Waals surface area contributed by atoms with E-state index in [0.29, 0.717) is 11.2 Å². The fourth-order valence-corrected chi connectivity index (χ4v) is 3.35. The van der Waals surface area contributed by atoms with Gasteiger partial charge in [-0.1, -0.05) is 0 Å². The number of fused-ring (bicyclic) bond motifs is 1. The first-order valence-corrected chi connectivity index (χ1v) is 7.34. The van der Waals surface area contributed by atoms with Crippen molar-refractivity contribution in [2.75, 3.05) is 13.1 Å². The van der Waals surface area contributed by atoms with E-state index in [2.05, 4.69) is 28.7 Å². The minimum atomic E-state index is -0.0376. The molecule has 6 heteroatoms. The first-order chi connectivity index (χ1) is 9.11. The third-order valence-electron chi connectivity index (χ3n) is 3.23. The number of thiophene rings is 1. The average molecular weight is 279 g/mol. The Morgan fingerprint density at radius 3 is 2.95 bits per heavy atom. The number of nitrogens with zero attached hydrogens (tertiary/aromatic N) is 2. The van der Waals surface area contributed by atoms with E-state index in [4.69, 9.17) is 4.74 Å². The molecule has 1 fully saturated rings. The molecule has 3 rings (SSSR count). The lowest BCUT2D eigenvalue weighted by Crippen LogP contribution is -2.45. The predicted molar refractivity (Wildman–Crippen MR) is 75.5 cm³/mol. The molecule has 0 radical (unpaired) electrons. The van der Waals surface area contributed by atoms with Crippen LogP contribution in [0.2, 0.25) is 0 Å². The molecule has 5 nitrogen and oxygen atoms in total. The summed E-state index contributed by atoms with van der Waals surface area (Å²) >= 11 is 1.43. The Hall–Kier alpha value is -1.24. The van der Waals surface area contributed by atoms with Crippen LogP contribution in [0.25, 0.3) is 10.2 Å². The number of aromatic amines is 1. The third-order valence-corrected chi connectivity index (χ3v) is 4.13. The first kappa shape index (κ1) is 12.8. The highest BCUT2D eigenvalue weighted by Crippen LogP contribution is 2.16. The van der Waals surface area contributed by atoms with Crippen LogP contribution < -0.4 is 5.56 Å². The van der Waals surface area contributed by atoms with Crippen LogP contribution in [0.3, 0.4) is 0 Å². The maximum absolute atomic E-state index is 11.9. The standard InChI is InChI=1S/C13H17N3O2S/c1-8-5-16(6-9(2)18-8)7-11-14-10-3-4-19-12(10)13(17)15-11/h3-4,8-9H,5-7H2,1-2H3,(H,14,15,17)/t8-,9-/m0/s1. The van der Waals surface area contributed by atoms with Crippen molar-refractivity contribution in [1.82, 2.24) is 14.9 Å². The van der Waals surface area contributed by atoms with Crippen LogP contribution in [0.15, 0.2) is 16.2 Å². The summed E-state index contributed by atoms with van der Waals surface area (Å²) in [6.07, 6.45) is 0.445. The highest BCUT2D eigenvalue weighted by atomic mass is 32.1. The monoisotopic (exact) mass is 279 g/mol. The van der Waals surface area contributed by atoms with Crippen molar-refractivity contribution in [2.45, 2.75) is 32.6 Å². The van der Waals surface area contributed by atoms with Gasteiger partial charge in [0, 0.05) is 13.1 Å². The van der Waals surface area contributed by atoms with Crippen LogP contribution in [0.5, 0.6) is 0 Å². The fourth-order valence-electron chi connectivity index (χ4n) is 2.62. The SMILES string of the molecule is C[C@H]1CN(Cc2nc3ccsc3c(=O)[nH]2)C[C@H](C)O1. The van der Waals surface area contributed by atoms with E-state index < -0.39 is 0 Å². The molecule has 0 saturated carbocycles. The van der Waals surface area contributed by atoms with Crippen LogP contribution in [0.1, 0.15) is 19.7 Å². The Morgan fingerprint density at radius 2 is 2.21 bits per heavy atom. The van der Waals surface area contributed by atoms with Gasteiger partial charge in [0.1, 0.15) is 10.5 Å². The van der Waals surface area contributed by atoms with Crippen LogP contribution in [-0.4, -0.2) is 40.2 Å². The lowest BCUT2D eigenvalue weighted by Gasteiger charge is -2.34. The van der Waals surface area contributed by atoms with E-state index in [-0.39, 0.29) is 17.8 Å². The average Bonchev–Trinajstić information content (AvgIpc) is 2.75. The zero-order valence-corrected chi connectivity index (χ0v) is 11.9. The van der Waals surface area contributed by atoms with Crippen molar-refractivity contribution in [3.63, 3.8) is 0 Å². The molecule has 1 saturated heterocycles. The van der Waals surface area contributed by atoms with E-state index in [1.54, 1.807) is 0 Å². The molecule has 0 unspecified atom stereocenters. The predicted octanol–water partition coefficient (Wildman–Crippen LogP) is 1.59. The van der Waals surface area contributed by atoms with Crippen molar-refractivity contribution in [2.24, 2.45) is 0 Å². The number of ether oxygens (including phenoxy) is 1. The van der Waals surface area contributed by atoms with Gasteiger partial charge in [0.25, 0.3) is 5.56 Å². The molecule has 19 heavy (non-hydrogen) atoms. The van der Waals surface area contributed by atoms with E-state index in [1.807, 2.05) is 11.4 Å². The minimum Gasteiger partial charge on any atom is -0.373 e. The molecule has 0 amide bonds. The Morgan fingerprint density at radius 1 is 1.47 bits per heavy atom. The summed E-state index contributed by atoms with van der Waals surface area (Å²) < 4.78 is 6.40. The molecular weight excluding hydrogens is 262 g/mol.